The van der Waals surface area contributed by atoms with Crippen molar-refractivity contribution >= 4 is 5.96 Å². The Kier molecular flexibility index (Phi) is 9.81. The number of para-hydroxylation sites is 1. The summed E-state index contributed by atoms with van der Waals surface area (Å²) in [7, 11) is 0. The van der Waals surface area contributed by atoms with Crippen molar-refractivity contribution in [3.05, 3.63) is 30.3 Å². The van der Waals surface area contributed by atoms with E-state index < -0.39 is 0 Å². The van der Waals surface area contributed by atoms with E-state index in [0.29, 0.717) is 19.8 Å². The van der Waals surface area contributed by atoms with Crippen LogP contribution in [-0.2, 0) is 9.47 Å². The minimum atomic E-state index is 0.284. The van der Waals surface area contributed by atoms with Crippen LogP contribution in [0.4, 0.5) is 0 Å². The number of benzene rings is 1. The Labute approximate surface area is 151 Å². The molecule has 0 amide bonds. The van der Waals surface area contributed by atoms with Crippen molar-refractivity contribution in [3.63, 3.8) is 0 Å². The van der Waals surface area contributed by atoms with E-state index in [-0.39, 0.29) is 6.10 Å². The average Bonchev–Trinajstić information content (AvgIpc) is 3.15. The van der Waals surface area contributed by atoms with Gasteiger partial charge in [-0.15, -0.1) is 0 Å². The summed E-state index contributed by atoms with van der Waals surface area (Å²) < 4.78 is 16.8. The van der Waals surface area contributed by atoms with Crippen LogP contribution in [0.3, 0.4) is 0 Å². The van der Waals surface area contributed by atoms with Crippen LogP contribution in [0.25, 0.3) is 0 Å². The highest BCUT2D eigenvalue weighted by molar-refractivity contribution is 5.79. The molecule has 1 fully saturated rings. The summed E-state index contributed by atoms with van der Waals surface area (Å²) in [4.78, 5) is 4.55. The molecule has 1 unspecified atom stereocenters. The smallest absolute Gasteiger partial charge is 0.191 e. The molecular weight excluding hydrogens is 318 g/mol. The number of guanidine groups is 1. The zero-order valence-electron chi connectivity index (χ0n) is 15.2. The third-order valence-corrected chi connectivity index (χ3v) is 3.80. The molecule has 1 atom stereocenters. The van der Waals surface area contributed by atoms with Gasteiger partial charge < -0.3 is 24.8 Å². The summed E-state index contributed by atoms with van der Waals surface area (Å²) in [5.74, 6) is 1.72. The van der Waals surface area contributed by atoms with E-state index in [4.69, 9.17) is 14.2 Å². The summed E-state index contributed by atoms with van der Waals surface area (Å²) in [6.45, 7) is 7.23. The third-order valence-electron chi connectivity index (χ3n) is 3.80. The minimum Gasteiger partial charge on any atom is -0.494 e. The molecule has 0 radical (unpaired) electrons. The highest BCUT2D eigenvalue weighted by Gasteiger charge is 2.14. The van der Waals surface area contributed by atoms with Crippen LogP contribution in [0.5, 0.6) is 5.75 Å². The van der Waals surface area contributed by atoms with Crippen molar-refractivity contribution in [2.45, 2.75) is 32.3 Å². The quantitative estimate of drug-likeness (QED) is 0.364. The van der Waals surface area contributed by atoms with Crippen molar-refractivity contribution in [1.29, 1.82) is 0 Å². The molecule has 140 valence electrons. The minimum absolute atomic E-state index is 0.284. The molecule has 1 heterocycles. The highest BCUT2D eigenvalue weighted by Crippen LogP contribution is 2.11. The average molecular weight is 349 g/mol. The second kappa shape index (κ2) is 12.6. The van der Waals surface area contributed by atoms with Crippen LogP contribution in [0, 0.1) is 0 Å². The molecule has 0 aromatic heterocycles. The monoisotopic (exact) mass is 349 g/mol. The Hall–Kier alpha value is -1.79. The molecule has 1 saturated heterocycles. The Morgan fingerprint density at radius 2 is 2.12 bits per heavy atom. The van der Waals surface area contributed by atoms with Gasteiger partial charge in [0.1, 0.15) is 5.75 Å². The van der Waals surface area contributed by atoms with Gasteiger partial charge in [-0.05, 0) is 31.9 Å². The van der Waals surface area contributed by atoms with Crippen molar-refractivity contribution in [3.8, 4) is 5.75 Å². The first-order chi connectivity index (χ1) is 12.4. The van der Waals surface area contributed by atoms with E-state index in [1.165, 1.54) is 0 Å². The van der Waals surface area contributed by atoms with Crippen LogP contribution in [0.2, 0.25) is 0 Å². The normalized spacial score (nSPS) is 17.5. The highest BCUT2D eigenvalue weighted by atomic mass is 16.5. The first-order valence-corrected chi connectivity index (χ1v) is 9.28. The molecule has 1 aliphatic rings. The molecule has 1 aromatic rings. The first kappa shape index (κ1) is 19.5. The summed E-state index contributed by atoms with van der Waals surface area (Å²) in [5.41, 5.74) is 0. The lowest BCUT2D eigenvalue weighted by Crippen LogP contribution is -2.39. The topological polar surface area (TPSA) is 64.1 Å². The van der Waals surface area contributed by atoms with E-state index in [2.05, 4.69) is 22.5 Å². The van der Waals surface area contributed by atoms with Gasteiger partial charge in [0, 0.05) is 32.7 Å². The molecule has 25 heavy (non-hydrogen) atoms. The molecule has 2 rings (SSSR count). The molecule has 2 N–H and O–H groups in total. The zero-order chi connectivity index (χ0) is 17.6. The van der Waals surface area contributed by atoms with Crippen LogP contribution >= 0.6 is 0 Å². The SMILES string of the molecule is CCNC(=NCCCOc1ccccc1)NCCOCC1CCCO1. The predicted octanol–water partition coefficient (Wildman–Crippen LogP) is 2.21. The summed E-state index contributed by atoms with van der Waals surface area (Å²) in [6.07, 6.45) is 3.42. The number of aliphatic imine (C=N–C) groups is 1. The molecule has 0 aliphatic carbocycles. The number of ether oxygens (including phenoxy) is 3. The summed E-state index contributed by atoms with van der Waals surface area (Å²) >= 11 is 0. The van der Waals surface area contributed by atoms with E-state index in [1.54, 1.807) is 0 Å². The van der Waals surface area contributed by atoms with Gasteiger partial charge in [-0.2, -0.15) is 0 Å². The predicted molar refractivity (Wildman–Crippen MR) is 100 cm³/mol. The van der Waals surface area contributed by atoms with Gasteiger partial charge in [0.15, 0.2) is 5.96 Å². The summed E-state index contributed by atoms with van der Waals surface area (Å²) in [5, 5.41) is 6.53. The lowest BCUT2D eigenvalue weighted by molar-refractivity contribution is 0.0191. The fourth-order valence-corrected chi connectivity index (χ4v) is 2.54. The zero-order valence-corrected chi connectivity index (χ0v) is 15.2. The lowest BCUT2D eigenvalue weighted by Gasteiger charge is -2.13. The molecule has 6 nitrogen and oxygen atoms in total. The van der Waals surface area contributed by atoms with E-state index in [9.17, 15) is 0 Å². The molecule has 0 spiro atoms. The van der Waals surface area contributed by atoms with Gasteiger partial charge in [0.2, 0.25) is 0 Å². The molecule has 0 bridgehead atoms. The van der Waals surface area contributed by atoms with Crippen molar-refractivity contribution in [1.82, 2.24) is 10.6 Å². The second-order valence-electron chi connectivity index (χ2n) is 5.91. The number of hydrogen-bond donors (Lipinski definition) is 2. The van der Waals surface area contributed by atoms with E-state index in [1.807, 2.05) is 30.3 Å². The van der Waals surface area contributed by atoms with E-state index in [0.717, 1.165) is 57.2 Å². The van der Waals surface area contributed by atoms with Gasteiger partial charge >= 0.3 is 0 Å². The van der Waals surface area contributed by atoms with E-state index >= 15 is 0 Å². The first-order valence-electron chi connectivity index (χ1n) is 9.28. The molecule has 1 aromatic carbocycles. The Bertz CT molecular complexity index is 476. The van der Waals surface area contributed by atoms with Gasteiger partial charge in [-0.25, -0.2) is 0 Å². The van der Waals surface area contributed by atoms with Gasteiger partial charge in [0.05, 0.1) is 25.9 Å². The molecule has 0 saturated carbocycles. The Balaban J connectivity index is 1.54. The lowest BCUT2D eigenvalue weighted by atomic mass is 10.2. The van der Waals surface area contributed by atoms with Gasteiger partial charge in [-0.1, -0.05) is 18.2 Å². The summed E-state index contributed by atoms with van der Waals surface area (Å²) in [6, 6.07) is 9.86. The molecular formula is C19H31N3O3. The number of hydrogen-bond acceptors (Lipinski definition) is 4. The largest absolute Gasteiger partial charge is 0.494 e. The number of nitrogens with one attached hydrogen (secondary N) is 2. The van der Waals surface area contributed by atoms with Crippen molar-refractivity contribution < 1.29 is 14.2 Å². The van der Waals surface area contributed by atoms with Gasteiger partial charge in [-0.3, -0.25) is 4.99 Å². The number of nitrogens with zero attached hydrogens (tertiary/aromatic N) is 1. The second-order valence-corrected chi connectivity index (χ2v) is 5.91. The fraction of sp³-hybridized carbons (Fsp3) is 0.632. The van der Waals surface area contributed by atoms with Crippen molar-refractivity contribution in [2.24, 2.45) is 4.99 Å². The Morgan fingerprint density at radius 1 is 1.24 bits per heavy atom. The van der Waals surface area contributed by atoms with Crippen LogP contribution in [0.15, 0.2) is 35.3 Å². The van der Waals surface area contributed by atoms with Crippen LogP contribution < -0.4 is 15.4 Å². The third kappa shape index (κ3) is 8.74. The maximum absolute atomic E-state index is 5.67. The molecule has 6 heteroatoms. The van der Waals surface area contributed by atoms with Crippen LogP contribution in [-0.4, -0.2) is 58.1 Å². The Morgan fingerprint density at radius 3 is 2.88 bits per heavy atom. The van der Waals surface area contributed by atoms with Crippen LogP contribution in [0.1, 0.15) is 26.2 Å². The maximum Gasteiger partial charge on any atom is 0.191 e. The number of rotatable bonds is 11. The van der Waals surface area contributed by atoms with Crippen molar-refractivity contribution in [2.75, 3.05) is 46.1 Å². The fourth-order valence-electron chi connectivity index (χ4n) is 2.54. The maximum atomic E-state index is 5.67. The standard InChI is InChI=1S/C19H31N3O3/c1-2-20-19(22-12-15-23-16-18-10-6-13-25-18)21-11-7-14-24-17-8-4-3-5-9-17/h3-5,8-9,18H,2,6-7,10-16H2,1H3,(H2,20,21,22). The molecule has 1 aliphatic heterocycles. The van der Waals surface area contributed by atoms with Gasteiger partial charge in [0.25, 0.3) is 0 Å².